The smallest absolute Gasteiger partial charge is 0.324 e. The molecule has 1 fully saturated rings. The highest BCUT2D eigenvalue weighted by Crippen LogP contribution is 2.15. The zero-order valence-electron chi connectivity index (χ0n) is 13.8. The topological polar surface area (TPSA) is 95.6 Å². The van der Waals surface area contributed by atoms with Gasteiger partial charge >= 0.3 is 6.03 Å². The van der Waals surface area contributed by atoms with Crippen molar-refractivity contribution in [3.05, 3.63) is 71.1 Å². The van der Waals surface area contributed by atoms with Gasteiger partial charge in [-0.05, 0) is 29.3 Å². The van der Waals surface area contributed by atoms with Crippen LogP contribution in [0.5, 0.6) is 0 Å². The van der Waals surface area contributed by atoms with Gasteiger partial charge in [0.25, 0.3) is 10.0 Å². The maximum absolute atomic E-state index is 12.1. The van der Waals surface area contributed by atoms with E-state index in [0.29, 0.717) is 5.69 Å². The van der Waals surface area contributed by atoms with Crippen molar-refractivity contribution in [1.29, 1.82) is 0 Å². The van der Waals surface area contributed by atoms with Crippen molar-refractivity contribution in [2.45, 2.75) is 6.54 Å². The molecule has 1 heterocycles. The summed E-state index contributed by atoms with van der Waals surface area (Å²) in [4.78, 5) is 24.2. The zero-order valence-corrected chi connectivity index (χ0v) is 14.6. The highest BCUT2D eigenvalue weighted by atomic mass is 32.2. The largest absolute Gasteiger partial charge is 0.329 e. The quantitative estimate of drug-likeness (QED) is 0.761. The second-order valence-corrected chi connectivity index (χ2v) is 7.26. The highest BCUT2D eigenvalue weighted by molar-refractivity contribution is 7.95. The minimum absolute atomic E-state index is 0.00443. The van der Waals surface area contributed by atoms with E-state index < -0.39 is 16.1 Å². The summed E-state index contributed by atoms with van der Waals surface area (Å²) in [5.41, 5.74) is 1.89. The number of anilines is 1. The van der Waals surface area contributed by atoms with Crippen molar-refractivity contribution in [2.75, 3.05) is 11.3 Å². The molecule has 8 heteroatoms. The number of imide groups is 1. The van der Waals surface area contributed by atoms with Crippen LogP contribution in [-0.2, 0) is 21.4 Å². The summed E-state index contributed by atoms with van der Waals surface area (Å²) in [6, 6.07) is 15.2. The number of nitrogens with one attached hydrogen (secondary N) is 2. The molecule has 0 saturated carbocycles. The molecule has 2 aromatic carbocycles. The van der Waals surface area contributed by atoms with Crippen molar-refractivity contribution >= 4 is 33.7 Å². The minimum atomic E-state index is -3.64. The Kier molecular flexibility index (Phi) is 5.04. The molecule has 1 aliphatic rings. The van der Waals surface area contributed by atoms with Gasteiger partial charge in [0.05, 0.1) is 18.5 Å². The van der Waals surface area contributed by atoms with E-state index in [-0.39, 0.29) is 19.0 Å². The molecule has 0 bridgehead atoms. The van der Waals surface area contributed by atoms with Crippen molar-refractivity contribution in [3.63, 3.8) is 0 Å². The molecule has 1 aliphatic heterocycles. The minimum Gasteiger partial charge on any atom is -0.329 e. The summed E-state index contributed by atoms with van der Waals surface area (Å²) in [7, 11) is -3.64. The first-order chi connectivity index (χ1) is 12.4. The lowest BCUT2D eigenvalue weighted by Gasteiger charge is -2.12. The van der Waals surface area contributed by atoms with Crippen molar-refractivity contribution < 1.29 is 18.0 Å². The average Bonchev–Trinajstić information content (AvgIpc) is 2.94. The molecule has 0 spiro atoms. The van der Waals surface area contributed by atoms with Crippen LogP contribution < -0.4 is 10.0 Å². The fraction of sp³-hybridized carbons (Fsp3) is 0.111. The van der Waals surface area contributed by atoms with Gasteiger partial charge in [0.15, 0.2) is 0 Å². The van der Waals surface area contributed by atoms with Gasteiger partial charge in [-0.1, -0.05) is 42.5 Å². The standard InChI is InChI=1S/C18H17N3O4S/c22-17-12-19-18(23)21(17)13-15-6-8-16(9-7-15)20-26(24,25)11-10-14-4-2-1-3-5-14/h1-11,20H,12-13H2,(H,19,23)/b11-10+. The van der Waals surface area contributed by atoms with Crippen LogP contribution in [0.1, 0.15) is 11.1 Å². The SMILES string of the molecule is O=C1CNC(=O)N1Cc1ccc(NS(=O)(=O)/C=C/c2ccccc2)cc1. The number of hydrogen-bond acceptors (Lipinski definition) is 4. The van der Waals surface area contributed by atoms with Crippen LogP contribution in [0.4, 0.5) is 10.5 Å². The van der Waals surface area contributed by atoms with Gasteiger partial charge in [0, 0.05) is 5.69 Å². The lowest BCUT2D eigenvalue weighted by atomic mass is 10.2. The molecule has 2 N–H and O–H groups in total. The van der Waals surface area contributed by atoms with E-state index in [1.807, 2.05) is 18.2 Å². The molecule has 2 aromatic rings. The lowest BCUT2D eigenvalue weighted by Crippen LogP contribution is -2.30. The number of carbonyl (C=O) groups excluding carboxylic acids is 2. The van der Waals surface area contributed by atoms with Crippen LogP contribution in [0, 0.1) is 0 Å². The van der Waals surface area contributed by atoms with Crippen LogP contribution in [0.15, 0.2) is 60.0 Å². The van der Waals surface area contributed by atoms with Crippen LogP contribution in [-0.4, -0.2) is 31.8 Å². The Balaban J connectivity index is 1.64. The van der Waals surface area contributed by atoms with Crippen molar-refractivity contribution in [3.8, 4) is 0 Å². The molecular weight excluding hydrogens is 354 g/mol. The average molecular weight is 371 g/mol. The van der Waals surface area contributed by atoms with Gasteiger partial charge in [0.1, 0.15) is 0 Å². The Morgan fingerprint density at radius 3 is 2.35 bits per heavy atom. The number of hydrogen-bond donors (Lipinski definition) is 2. The molecule has 0 aromatic heterocycles. The number of amides is 3. The fourth-order valence-electron chi connectivity index (χ4n) is 2.41. The monoisotopic (exact) mass is 371 g/mol. The third-order valence-corrected chi connectivity index (χ3v) is 4.75. The van der Waals surface area contributed by atoms with E-state index >= 15 is 0 Å². The Hall–Kier alpha value is -3.13. The fourth-order valence-corrected chi connectivity index (χ4v) is 3.28. The van der Waals surface area contributed by atoms with Crippen LogP contribution in [0.3, 0.4) is 0 Å². The van der Waals surface area contributed by atoms with Crippen LogP contribution in [0.25, 0.3) is 6.08 Å². The zero-order chi connectivity index (χ0) is 18.6. The van der Waals surface area contributed by atoms with Crippen LogP contribution >= 0.6 is 0 Å². The Morgan fingerprint density at radius 2 is 1.73 bits per heavy atom. The number of rotatable bonds is 6. The van der Waals surface area contributed by atoms with E-state index in [1.54, 1.807) is 36.4 Å². The molecule has 7 nitrogen and oxygen atoms in total. The van der Waals surface area contributed by atoms with Crippen molar-refractivity contribution in [1.82, 2.24) is 10.2 Å². The highest BCUT2D eigenvalue weighted by Gasteiger charge is 2.28. The number of urea groups is 1. The second kappa shape index (κ2) is 7.40. The molecule has 26 heavy (non-hydrogen) atoms. The summed E-state index contributed by atoms with van der Waals surface area (Å²) in [5, 5.41) is 3.55. The van der Waals surface area contributed by atoms with Gasteiger partial charge in [-0.25, -0.2) is 13.2 Å². The maximum Gasteiger partial charge on any atom is 0.324 e. The molecule has 1 saturated heterocycles. The van der Waals surface area contributed by atoms with Gasteiger partial charge in [-0.15, -0.1) is 0 Å². The third-order valence-electron chi connectivity index (χ3n) is 3.73. The van der Waals surface area contributed by atoms with E-state index in [2.05, 4.69) is 10.0 Å². The number of carbonyl (C=O) groups is 2. The van der Waals surface area contributed by atoms with E-state index in [1.165, 1.54) is 6.08 Å². The number of sulfonamides is 1. The Morgan fingerprint density at radius 1 is 1.04 bits per heavy atom. The third kappa shape index (κ3) is 4.48. The molecular formula is C18H17N3O4S. The summed E-state index contributed by atoms with van der Waals surface area (Å²) in [5.74, 6) is -0.286. The van der Waals surface area contributed by atoms with Crippen molar-refractivity contribution in [2.24, 2.45) is 0 Å². The first kappa shape index (κ1) is 17.7. The summed E-state index contributed by atoms with van der Waals surface area (Å²) in [6.45, 7) is 0.149. The Bertz CT molecular complexity index is 922. The first-order valence-corrected chi connectivity index (χ1v) is 9.41. The van der Waals surface area contributed by atoms with Gasteiger partial charge in [0.2, 0.25) is 5.91 Å². The van der Waals surface area contributed by atoms with Gasteiger partial charge in [-0.3, -0.25) is 14.4 Å². The van der Waals surface area contributed by atoms with Gasteiger partial charge < -0.3 is 5.32 Å². The first-order valence-electron chi connectivity index (χ1n) is 7.86. The maximum atomic E-state index is 12.1. The van der Waals surface area contributed by atoms with Gasteiger partial charge in [-0.2, -0.15) is 0 Å². The Labute approximate surface area is 151 Å². The molecule has 3 amide bonds. The predicted octanol–water partition coefficient (Wildman–Crippen LogP) is 2.15. The second-order valence-electron chi connectivity index (χ2n) is 5.70. The molecule has 0 atom stereocenters. The number of nitrogens with zero attached hydrogens (tertiary/aromatic N) is 1. The molecule has 0 unspecified atom stereocenters. The predicted molar refractivity (Wildman–Crippen MR) is 98.4 cm³/mol. The normalized spacial score (nSPS) is 14.7. The van der Waals surface area contributed by atoms with E-state index in [0.717, 1.165) is 21.4 Å². The van der Waals surface area contributed by atoms with E-state index in [9.17, 15) is 18.0 Å². The summed E-state index contributed by atoms with van der Waals surface area (Å²) >= 11 is 0. The molecule has 134 valence electrons. The number of benzene rings is 2. The molecule has 0 aliphatic carbocycles. The lowest BCUT2D eigenvalue weighted by molar-refractivity contribution is -0.125. The summed E-state index contributed by atoms with van der Waals surface area (Å²) < 4.78 is 26.7. The van der Waals surface area contributed by atoms with E-state index in [4.69, 9.17) is 0 Å². The summed E-state index contributed by atoms with van der Waals surface area (Å²) in [6.07, 6.45) is 1.51. The molecule has 3 rings (SSSR count). The molecule has 0 radical (unpaired) electrons. The van der Waals surface area contributed by atoms with Crippen LogP contribution in [0.2, 0.25) is 0 Å².